The lowest BCUT2D eigenvalue weighted by atomic mass is 10.2. The number of aromatic nitrogens is 1. The number of ether oxygens (including phenoxy) is 2. The molecule has 2 rings (SSSR count). The van der Waals surface area contributed by atoms with Crippen molar-refractivity contribution in [3.05, 3.63) is 53.9 Å². The maximum absolute atomic E-state index is 12.1. The molecule has 2 N–H and O–H groups in total. The highest BCUT2D eigenvalue weighted by atomic mass is 16.5. The van der Waals surface area contributed by atoms with Crippen LogP contribution in [0.3, 0.4) is 0 Å². The van der Waals surface area contributed by atoms with Crippen molar-refractivity contribution in [3.8, 4) is 11.5 Å². The summed E-state index contributed by atoms with van der Waals surface area (Å²) in [5, 5.41) is 5.27. The zero-order valence-corrected chi connectivity index (χ0v) is 13.5. The Hall–Kier alpha value is -3.09. The second-order valence-corrected chi connectivity index (χ2v) is 4.92. The van der Waals surface area contributed by atoms with Gasteiger partial charge in [0.2, 0.25) is 5.91 Å². The SMILES string of the molecule is COc1cc(OC)cc(C(=O)NCC(=O)NCc2cccnc2)c1. The summed E-state index contributed by atoms with van der Waals surface area (Å²) in [5.74, 6) is 0.326. The molecule has 0 fully saturated rings. The zero-order chi connectivity index (χ0) is 17.4. The number of amides is 2. The molecule has 1 heterocycles. The molecule has 0 atom stereocenters. The summed E-state index contributed by atoms with van der Waals surface area (Å²) in [6.07, 6.45) is 3.33. The molecule has 1 aromatic carbocycles. The quantitative estimate of drug-likeness (QED) is 0.795. The van der Waals surface area contributed by atoms with Crippen molar-refractivity contribution < 1.29 is 19.1 Å². The fourth-order valence-electron chi connectivity index (χ4n) is 1.97. The van der Waals surface area contributed by atoms with E-state index < -0.39 is 0 Å². The standard InChI is InChI=1S/C17H19N3O4/c1-23-14-6-13(7-15(8-14)24-2)17(22)20-11-16(21)19-10-12-4-3-5-18-9-12/h3-9H,10-11H2,1-2H3,(H,19,21)(H,20,22). The van der Waals surface area contributed by atoms with Crippen LogP contribution in [0.25, 0.3) is 0 Å². The van der Waals surface area contributed by atoms with E-state index in [2.05, 4.69) is 15.6 Å². The van der Waals surface area contributed by atoms with Crippen LogP contribution in [0.4, 0.5) is 0 Å². The number of hydrogen-bond acceptors (Lipinski definition) is 5. The smallest absolute Gasteiger partial charge is 0.251 e. The van der Waals surface area contributed by atoms with Crippen LogP contribution in [0.15, 0.2) is 42.7 Å². The minimum absolute atomic E-state index is 0.126. The van der Waals surface area contributed by atoms with Gasteiger partial charge in [-0.05, 0) is 23.8 Å². The van der Waals surface area contributed by atoms with E-state index in [4.69, 9.17) is 9.47 Å². The van der Waals surface area contributed by atoms with Crippen LogP contribution < -0.4 is 20.1 Å². The van der Waals surface area contributed by atoms with Gasteiger partial charge in [0, 0.05) is 30.6 Å². The van der Waals surface area contributed by atoms with E-state index in [1.807, 2.05) is 6.07 Å². The number of benzene rings is 1. The normalized spacial score (nSPS) is 9.92. The van der Waals surface area contributed by atoms with Crippen molar-refractivity contribution in [2.75, 3.05) is 20.8 Å². The Morgan fingerprint density at radius 1 is 1.08 bits per heavy atom. The first-order chi connectivity index (χ1) is 11.6. The number of pyridine rings is 1. The van der Waals surface area contributed by atoms with Crippen LogP contribution in [-0.4, -0.2) is 37.6 Å². The molecule has 0 aliphatic rings. The van der Waals surface area contributed by atoms with Gasteiger partial charge < -0.3 is 20.1 Å². The summed E-state index contributed by atoms with van der Waals surface area (Å²) in [5.41, 5.74) is 1.24. The van der Waals surface area contributed by atoms with Crippen molar-refractivity contribution in [2.45, 2.75) is 6.54 Å². The van der Waals surface area contributed by atoms with Gasteiger partial charge >= 0.3 is 0 Å². The van der Waals surface area contributed by atoms with Gasteiger partial charge in [-0.3, -0.25) is 14.6 Å². The summed E-state index contributed by atoms with van der Waals surface area (Å²) in [6, 6.07) is 8.46. The molecule has 0 saturated carbocycles. The molecule has 126 valence electrons. The summed E-state index contributed by atoms with van der Waals surface area (Å²) in [7, 11) is 3.00. The third kappa shape index (κ3) is 4.98. The maximum atomic E-state index is 12.1. The summed E-state index contributed by atoms with van der Waals surface area (Å²) in [6.45, 7) is 0.230. The van der Waals surface area contributed by atoms with Gasteiger partial charge in [-0.1, -0.05) is 6.07 Å². The van der Waals surface area contributed by atoms with Crippen molar-refractivity contribution in [3.63, 3.8) is 0 Å². The van der Waals surface area contributed by atoms with Gasteiger partial charge in [-0.15, -0.1) is 0 Å². The predicted octanol–water partition coefficient (Wildman–Crippen LogP) is 1.14. The first-order valence-electron chi connectivity index (χ1n) is 7.29. The molecule has 24 heavy (non-hydrogen) atoms. The van der Waals surface area contributed by atoms with E-state index in [0.29, 0.717) is 23.6 Å². The van der Waals surface area contributed by atoms with Crippen LogP contribution in [0.2, 0.25) is 0 Å². The van der Waals surface area contributed by atoms with Gasteiger partial charge in [-0.25, -0.2) is 0 Å². The Kier molecular flexibility index (Phi) is 6.13. The number of rotatable bonds is 7. The summed E-state index contributed by atoms with van der Waals surface area (Å²) in [4.78, 5) is 27.9. The number of nitrogens with one attached hydrogen (secondary N) is 2. The minimum atomic E-state index is -0.385. The molecule has 0 saturated heterocycles. The number of nitrogens with zero attached hydrogens (tertiary/aromatic N) is 1. The number of methoxy groups -OCH3 is 2. The summed E-state index contributed by atoms with van der Waals surface area (Å²) >= 11 is 0. The molecule has 2 amide bonds. The van der Waals surface area contributed by atoms with Gasteiger partial charge in [0.15, 0.2) is 0 Å². The molecule has 0 radical (unpaired) electrons. The van der Waals surface area contributed by atoms with E-state index in [1.165, 1.54) is 14.2 Å². The molecule has 7 heteroatoms. The fourth-order valence-corrected chi connectivity index (χ4v) is 1.97. The third-order valence-electron chi connectivity index (χ3n) is 3.24. The number of hydrogen-bond donors (Lipinski definition) is 2. The van der Waals surface area contributed by atoms with E-state index in [0.717, 1.165) is 5.56 Å². The van der Waals surface area contributed by atoms with E-state index in [-0.39, 0.29) is 18.4 Å². The van der Waals surface area contributed by atoms with Gasteiger partial charge in [-0.2, -0.15) is 0 Å². The highest BCUT2D eigenvalue weighted by Crippen LogP contribution is 2.22. The number of carbonyl (C=O) groups excluding carboxylic acids is 2. The topological polar surface area (TPSA) is 89.5 Å². The lowest BCUT2D eigenvalue weighted by molar-refractivity contribution is -0.120. The first kappa shape index (κ1) is 17.3. The van der Waals surface area contributed by atoms with Crippen LogP contribution in [0, 0.1) is 0 Å². The highest BCUT2D eigenvalue weighted by Gasteiger charge is 2.11. The van der Waals surface area contributed by atoms with Crippen molar-refractivity contribution in [1.29, 1.82) is 0 Å². The molecule has 2 aromatic rings. The van der Waals surface area contributed by atoms with Gasteiger partial charge in [0.05, 0.1) is 20.8 Å². The molecular formula is C17H19N3O4. The molecule has 0 spiro atoms. The van der Waals surface area contributed by atoms with Crippen molar-refractivity contribution in [2.24, 2.45) is 0 Å². The molecule has 0 aliphatic heterocycles. The second-order valence-electron chi connectivity index (χ2n) is 4.92. The minimum Gasteiger partial charge on any atom is -0.497 e. The van der Waals surface area contributed by atoms with Crippen LogP contribution in [0.1, 0.15) is 15.9 Å². The molecular weight excluding hydrogens is 310 g/mol. The summed E-state index contributed by atoms with van der Waals surface area (Å²) < 4.78 is 10.2. The lowest BCUT2D eigenvalue weighted by Crippen LogP contribution is -2.36. The molecule has 0 bridgehead atoms. The molecule has 0 unspecified atom stereocenters. The monoisotopic (exact) mass is 329 g/mol. The van der Waals surface area contributed by atoms with Gasteiger partial charge in [0.1, 0.15) is 11.5 Å². The Morgan fingerprint density at radius 3 is 2.38 bits per heavy atom. The largest absolute Gasteiger partial charge is 0.497 e. The second kappa shape index (κ2) is 8.52. The first-order valence-corrected chi connectivity index (χ1v) is 7.29. The Bertz CT molecular complexity index is 682. The third-order valence-corrected chi connectivity index (χ3v) is 3.24. The van der Waals surface area contributed by atoms with E-state index in [9.17, 15) is 9.59 Å². The zero-order valence-electron chi connectivity index (χ0n) is 13.5. The van der Waals surface area contributed by atoms with Crippen LogP contribution >= 0.6 is 0 Å². The average molecular weight is 329 g/mol. The van der Waals surface area contributed by atoms with Crippen molar-refractivity contribution in [1.82, 2.24) is 15.6 Å². The van der Waals surface area contributed by atoms with E-state index in [1.54, 1.807) is 36.7 Å². The van der Waals surface area contributed by atoms with Crippen LogP contribution in [-0.2, 0) is 11.3 Å². The lowest BCUT2D eigenvalue weighted by Gasteiger charge is -2.09. The van der Waals surface area contributed by atoms with E-state index >= 15 is 0 Å². The molecule has 0 aliphatic carbocycles. The maximum Gasteiger partial charge on any atom is 0.251 e. The molecule has 1 aromatic heterocycles. The predicted molar refractivity (Wildman–Crippen MR) is 88.0 cm³/mol. The highest BCUT2D eigenvalue weighted by molar-refractivity contribution is 5.97. The van der Waals surface area contributed by atoms with Crippen LogP contribution in [0.5, 0.6) is 11.5 Å². The average Bonchev–Trinajstić information content (AvgIpc) is 2.64. The Labute approximate surface area is 140 Å². The Balaban J connectivity index is 1.87. The molecule has 7 nitrogen and oxygen atoms in total. The fraction of sp³-hybridized carbons (Fsp3) is 0.235. The Morgan fingerprint density at radius 2 is 1.79 bits per heavy atom. The number of carbonyl (C=O) groups is 2. The van der Waals surface area contributed by atoms with Crippen molar-refractivity contribution >= 4 is 11.8 Å². The van der Waals surface area contributed by atoms with Gasteiger partial charge in [0.25, 0.3) is 5.91 Å².